The van der Waals surface area contributed by atoms with Gasteiger partial charge in [-0.05, 0) is 25.0 Å². The Morgan fingerprint density at radius 1 is 1.40 bits per heavy atom. The van der Waals surface area contributed by atoms with E-state index in [-0.39, 0.29) is 5.91 Å². The summed E-state index contributed by atoms with van der Waals surface area (Å²) in [5.41, 5.74) is 7.06. The minimum atomic E-state index is -0.771. The van der Waals surface area contributed by atoms with Gasteiger partial charge in [-0.2, -0.15) is 0 Å². The number of oxazole rings is 1. The molecule has 1 saturated carbocycles. The summed E-state index contributed by atoms with van der Waals surface area (Å²) >= 11 is 0. The molecule has 0 radical (unpaired) electrons. The van der Waals surface area contributed by atoms with E-state index in [2.05, 4.69) is 5.32 Å². The first-order valence-corrected chi connectivity index (χ1v) is 6.69. The van der Waals surface area contributed by atoms with Crippen molar-refractivity contribution in [3.8, 4) is 0 Å². The summed E-state index contributed by atoms with van der Waals surface area (Å²) in [4.78, 5) is 23.6. The molecule has 0 atom stereocenters. The molecule has 3 N–H and O–H groups in total. The van der Waals surface area contributed by atoms with E-state index in [9.17, 15) is 9.59 Å². The summed E-state index contributed by atoms with van der Waals surface area (Å²) in [6.45, 7) is 0. The number of fused-ring (bicyclic) bond motifs is 1. The third-order valence-corrected chi connectivity index (χ3v) is 4.00. The van der Waals surface area contributed by atoms with Gasteiger partial charge in [0.15, 0.2) is 5.58 Å². The fourth-order valence-corrected chi connectivity index (χ4v) is 2.70. The number of nitrogens with two attached hydrogens (primary N) is 1. The molecule has 1 fully saturated rings. The minimum absolute atomic E-state index is 0.173. The predicted octanol–water partition coefficient (Wildman–Crippen LogP) is 1.34. The van der Waals surface area contributed by atoms with Crippen molar-refractivity contribution in [2.45, 2.75) is 31.2 Å². The maximum Gasteiger partial charge on any atom is 0.419 e. The molecule has 0 bridgehead atoms. The zero-order valence-electron chi connectivity index (χ0n) is 11.3. The number of aromatic nitrogens is 1. The zero-order chi connectivity index (χ0) is 14.3. The second kappa shape index (κ2) is 4.49. The minimum Gasteiger partial charge on any atom is -0.408 e. The summed E-state index contributed by atoms with van der Waals surface area (Å²) in [6.07, 6.45) is 3.38. The smallest absolute Gasteiger partial charge is 0.408 e. The van der Waals surface area contributed by atoms with E-state index in [0.717, 1.165) is 12.8 Å². The van der Waals surface area contributed by atoms with Gasteiger partial charge in [0, 0.05) is 18.8 Å². The number of benzene rings is 1. The van der Waals surface area contributed by atoms with Crippen molar-refractivity contribution in [2.75, 3.05) is 5.32 Å². The molecule has 6 heteroatoms. The second-order valence-electron chi connectivity index (χ2n) is 5.43. The molecular formula is C14H17N3O3. The third-order valence-electron chi connectivity index (χ3n) is 4.00. The van der Waals surface area contributed by atoms with Crippen LogP contribution in [-0.4, -0.2) is 16.0 Å². The topological polar surface area (TPSA) is 90.3 Å². The quantitative estimate of drug-likeness (QED) is 0.865. The van der Waals surface area contributed by atoms with Crippen LogP contribution in [0.25, 0.3) is 11.1 Å². The number of hydrogen-bond donors (Lipinski definition) is 2. The molecule has 20 heavy (non-hydrogen) atoms. The Morgan fingerprint density at radius 2 is 2.10 bits per heavy atom. The van der Waals surface area contributed by atoms with Crippen LogP contribution in [0.1, 0.15) is 25.7 Å². The van der Waals surface area contributed by atoms with Gasteiger partial charge >= 0.3 is 5.76 Å². The van der Waals surface area contributed by atoms with Crippen molar-refractivity contribution in [3.05, 3.63) is 28.7 Å². The van der Waals surface area contributed by atoms with Gasteiger partial charge in [0.1, 0.15) is 0 Å². The highest BCUT2D eigenvalue weighted by molar-refractivity contribution is 5.99. The number of nitrogens with zero attached hydrogens (tertiary/aromatic N) is 1. The summed E-state index contributed by atoms with van der Waals surface area (Å²) in [5.74, 6) is -0.595. The second-order valence-corrected chi connectivity index (χ2v) is 5.43. The van der Waals surface area contributed by atoms with Crippen molar-refractivity contribution >= 4 is 22.7 Å². The fourth-order valence-electron chi connectivity index (χ4n) is 2.70. The summed E-state index contributed by atoms with van der Waals surface area (Å²) in [5, 5.41) is 2.81. The van der Waals surface area contributed by atoms with E-state index >= 15 is 0 Å². The van der Waals surface area contributed by atoms with Gasteiger partial charge in [0.25, 0.3) is 0 Å². The van der Waals surface area contributed by atoms with Crippen LogP contribution < -0.4 is 16.8 Å². The lowest BCUT2D eigenvalue weighted by atomic mass is 9.98. The van der Waals surface area contributed by atoms with Crippen LogP contribution in [0, 0.1) is 0 Å². The van der Waals surface area contributed by atoms with Crippen molar-refractivity contribution < 1.29 is 9.21 Å². The van der Waals surface area contributed by atoms with Crippen molar-refractivity contribution in [1.82, 2.24) is 4.57 Å². The van der Waals surface area contributed by atoms with Gasteiger partial charge in [-0.25, -0.2) is 4.79 Å². The average molecular weight is 275 g/mol. The molecule has 0 aliphatic heterocycles. The van der Waals surface area contributed by atoms with Gasteiger partial charge in [-0.1, -0.05) is 12.8 Å². The van der Waals surface area contributed by atoms with Crippen LogP contribution in [0.5, 0.6) is 0 Å². The lowest BCUT2D eigenvalue weighted by Gasteiger charge is -2.22. The van der Waals surface area contributed by atoms with Gasteiger partial charge < -0.3 is 15.5 Å². The first-order valence-electron chi connectivity index (χ1n) is 6.69. The molecular weight excluding hydrogens is 258 g/mol. The number of anilines is 1. The molecule has 1 amide bonds. The Balaban J connectivity index is 1.88. The molecule has 1 aliphatic carbocycles. The highest BCUT2D eigenvalue weighted by Gasteiger charge is 2.36. The number of nitrogens with one attached hydrogen (secondary N) is 1. The number of aryl methyl sites for hydroxylation is 1. The maximum absolute atomic E-state index is 12.2. The fraction of sp³-hybridized carbons (Fsp3) is 0.429. The molecule has 1 heterocycles. The highest BCUT2D eigenvalue weighted by Crippen LogP contribution is 2.28. The predicted molar refractivity (Wildman–Crippen MR) is 75.5 cm³/mol. The number of amides is 1. The van der Waals surface area contributed by atoms with E-state index in [1.807, 2.05) is 0 Å². The molecule has 1 aromatic heterocycles. The van der Waals surface area contributed by atoms with E-state index in [1.165, 1.54) is 4.57 Å². The summed E-state index contributed by atoms with van der Waals surface area (Å²) in [7, 11) is 1.64. The van der Waals surface area contributed by atoms with Gasteiger partial charge in [-0.15, -0.1) is 0 Å². The van der Waals surface area contributed by atoms with Crippen LogP contribution in [0.4, 0.5) is 5.69 Å². The average Bonchev–Trinajstić information content (AvgIpc) is 2.96. The lowest BCUT2D eigenvalue weighted by Crippen LogP contribution is -2.48. The molecule has 1 aromatic carbocycles. The molecule has 6 nitrogen and oxygen atoms in total. The number of carbonyl (C=O) groups is 1. The van der Waals surface area contributed by atoms with Crippen LogP contribution in [0.2, 0.25) is 0 Å². The lowest BCUT2D eigenvalue weighted by molar-refractivity contribution is -0.121. The molecule has 1 aliphatic rings. The first-order chi connectivity index (χ1) is 9.49. The number of hydrogen-bond acceptors (Lipinski definition) is 4. The molecule has 0 saturated heterocycles. The van der Waals surface area contributed by atoms with Crippen molar-refractivity contribution in [2.24, 2.45) is 12.8 Å². The number of rotatable bonds is 2. The maximum atomic E-state index is 12.2. The van der Waals surface area contributed by atoms with Crippen molar-refractivity contribution in [3.63, 3.8) is 0 Å². The van der Waals surface area contributed by atoms with E-state index in [1.54, 1.807) is 25.2 Å². The van der Waals surface area contributed by atoms with E-state index in [4.69, 9.17) is 10.2 Å². The largest absolute Gasteiger partial charge is 0.419 e. The van der Waals surface area contributed by atoms with E-state index in [0.29, 0.717) is 29.6 Å². The molecule has 0 unspecified atom stereocenters. The SMILES string of the molecule is Cn1c(=O)oc2cc(NC(=O)C3(N)CCCC3)ccc21. The van der Waals surface area contributed by atoms with E-state index < -0.39 is 11.3 Å². The Bertz CT molecular complexity index is 723. The Labute approximate surface area is 115 Å². The van der Waals surface area contributed by atoms with Gasteiger partial charge in [0.05, 0.1) is 11.1 Å². The molecule has 3 rings (SSSR count). The third kappa shape index (κ3) is 2.02. The summed E-state index contributed by atoms with van der Waals surface area (Å²) < 4.78 is 6.52. The zero-order valence-corrected chi connectivity index (χ0v) is 11.3. The number of carbonyl (C=O) groups excluding carboxylic acids is 1. The first kappa shape index (κ1) is 12.9. The molecule has 0 spiro atoms. The molecule has 106 valence electrons. The molecule has 2 aromatic rings. The Hall–Kier alpha value is -2.08. The highest BCUT2D eigenvalue weighted by atomic mass is 16.4. The van der Waals surface area contributed by atoms with Crippen LogP contribution in [0.3, 0.4) is 0 Å². The van der Waals surface area contributed by atoms with Gasteiger partial charge in [0.2, 0.25) is 5.91 Å². The van der Waals surface area contributed by atoms with Crippen molar-refractivity contribution in [1.29, 1.82) is 0 Å². The van der Waals surface area contributed by atoms with Crippen LogP contribution in [0.15, 0.2) is 27.4 Å². The van der Waals surface area contributed by atoms with Gasteiger partial charge in [-0.3, -0.25) is 9.36 Å². The van der Waals surface area contributed by atoms with Crippen LogP contribution in [-0.2, 0) is 11.8 Å². The normalized spacial score (nSPS) is 17.5. The Kier molecular flexibility index (Phi) is 2.90. The summed E-state index contributed by atoms with van der Waals surface area (Å²) in [6, 6.07) is 5.13. The van der Waals surface area contributed by atoms with Crippen LogP contribution >= 0.6 is 0 Å². The Morgan fingerprint density at radius 3 is 2.80 bits per heavy atom. The monoisotopic (exact) mass is 275 g/mol. The standard InChI is InChI=1S/C14H17N3O3/c1-17-10-5-4-9(8-11(10)20-13(17)19)16-12(18)14(15)6-2-3-7-14/h4-5,8H,2-3,6-7,15H2,1H3,(H,16,18).